The van der Waals surface area contributed by atoms with Crippen molar-refractivity contribution in [1.82, 2.24) is 9.62 Å². The second-order valence-corrected chi connectivity index (χ2v) is 9.41. The number of non-ortho nitro benzene ring substituents is 1. The summed E-state index contributed by atoms with van der Waals surface area (Å²) in [5.41, 5.74) is 0.0264. The largest absolute Gasteiger partial charge is 0.495 e. The van der Waals surface area contributed by atoms with Gasteiger partial charge in [0.05, 0.1) is 28.7 Å². The summed E-state index contributed by atoms with van der Waals surface area (Å²) in [7, 11) is -2.37. The lowest BCUT2D eigenvalue weighted by Crippen LogP contribution is -2.50. The number of nitro benzene ring substituents is 1. The number of anilines is 1. The van der Waals surface area contributed by atoms with Gasteiger partial charge in [-0.05, 0) is 50.1 Å². The van der Waals surface area contributed by atoms with Crippen LogP contribution in [0.4, 0.5) is 15.8 Å². The fraction of sp³-hybridized carbons (Fsp3) is 0.381. The molecule has 10 nitrogen and oxygen atoms in total. The summed E-state index contributed by atoms with van der Waals surface area (Å²) in [6, 6.07) is 7.67. The van der Waals surface area contributed by atoms with E-state index in [4.69, 9.17) is 4.74 Å². The zero-order chi connectivity index (χ0) is 24.2. The molecule has 1 unspecified atom stereocenters. The monoisotopic (exact) mass is 480 g/mol. The Balaban J connectivity index is 1.58. The van der Waals surface area contributed by atoms with Crippen molar-refractivity contribution >= 4 is 27.3 Å². The van der Waals surface area contributed by atoms with E-state index < -0.39 is 26.8 Å². The minimum atomic E-state index is -3.77. The van der Waals surface area contributed by atoms with Crippen LogP contribution in [-0.4, -0.2) is 56.4 Å². The van der Waals surface area contributed by atoms with E-state index in [1.54, 1.807) is 6.92 Å². The van der Waals surface area contributed by atoms with Gasteiger partial charge in [-0.1, -0.05) is 0 Å². The lowest BCUT2D eigenvalue weighted by Gasteiger charge is -2.35. The maximum Gasteiger partial charge on any atom is 0.271 e. The number of carbonyl (C=O) groups is 1. The van der Waals surface area contributed by atoms with Gasteiger partial charge in [-0.15, -0.1) is 0 Å². The molecule has 0 aliphatic carbocycles. The van der Waals surface area contributed by atoms with Crippen LogP contribution in [-0.2, 0) is 14.8 Å². The third kappa shape index (κ3) is 6.03. The maximum absolute atomic E-state index is 13.1. The molecule has 1 saturated heterocycles. The Morgan fingerprint density at radius 3 is 2.42 bits per heavy atom. The molecule has 0 aromatic heterocycles. The number of methoxy groups -OCH3 is 1. The van der Waals surface area contributed by atoms with Crippen LogP contribution in [0.2, 0.25) is 0 Å². The Labute approximate surface area is 190 Å². The summed E-state index contributed by atoms with van der Waals surface area (Å²) >= 11 is 0. The summed E-state index contributed by atoms with van der Waals surface area (Å²) in [6.07, 6.45) is 0.969. The molecule has 0 radical (unpaired) electrons. The molecule has 1 fully saturated rings. The van der Waals surface area contributed by atoms with E-state index in [0.717, 1.165) is 12.1 Å². The summed E-state index contributed by atoms with van der Waals surface area (Å²) in [4.78, 5) is 25.1. The molecule has 0 spiro atoms. The van der Waals surface area contributed by atoms with E-state index in [-0.39, 0.29) is 28.2 Å². The number of piperidine rings is 1. The zero-order valence-electron chi connectivity index (χ0n) is 18.2. The van der Waals surface area contributed by atoms with Gasteiger partial charge in [-0.3, -0.25) is 19.8 Å². The van der Waals surface area contributed by atoms with Gasteiger partial charge in [0, 0.05) is 31.3 Å². The molecular weight excluding hydrogens is 455 g/mol. The summed E-state index contributed by atoms with van der Waals surface area (Å²) in [5, 5.41) is 13.7. The number of likely N-dealkylation sites (tertiary alicyclic amines) is 1. The van der Waals surface area contributed by atoms with Crippen molar-refractivity contribution in [2.24, 2.45) is 0 Å². The van der Waals surface area contributed by atoms with Crippen LogP contribution in [0, 0.1) is 15.9 Å². The number of ether oxygens (including phenoxy) is 1. The quantitative estimate of drug-likeness (QED) is 0.438. The SMILES string of the molecule is COc1ccc([N+](=O)[O-])cc1NC(=O)C(C)N1CCC(NS(=O)(=O)c2ccc(F)cc2)CC1. The number of nitrogens with zero attached hydrogens (tertiary/aromatic N) is 2. The average Bonchev–Trinajstić information content (AvgIpc) is 2.79. The summed E-state index contributed by atoms with van der Waals surface area (Å²) < 4.78 is 45.9. The average molecular weight is 481 g/mol. The predicted molar refractivity (Wildman–Crippen MR) is 119 cm³/mol. The first-order valence-corrected chi connectivity index (χ1v) is 11.7. The van der Waals surface area contributed by atoms with Gasteiger partial charge in [0.2, 0.25) is 15.9 Å². The highest BCUT2D eigenvalue weighted by Crippen LogP contribution is 2.29. The number of benzene rings is 2. The Morgan fingerprint density at radius 1 is 1.21 bits per heavy atom. The van der Waals surface area contributed by atoms with Gasteiger partial charge in [0.25, 0.3) is 5.69 Å². The second-order valence-electron chi connectivity index (χ2n) is 7.69. The molecule has 33 heavy (non-hydrogen) atoms. The van der Waals surface area contributed by atoms with Gasteiger partial charge < -0.3 is 10.1 Å². The van der Waals surface area contributed by atoms with Crippen molar-refractivity contribution in [2.45, 2.75) is 36.7 Å². The molecule has 0 bridgehead atoms. The molecule has 3 rings (SSSR count). The van der Waals surface area contributed by atoms with Crippen LogP contribution < -0.4 is 14.8 Å². The number of nitrogens with one attached hydrogen (secondary N) is 2. The fourth-order valence-corrected chi connectivity index (χ4v) is 4.92. The van der Waals surface area contributed by atoms with E-state index in [1.807, 2.05) is 4.90 Å². The van der Waals surface area contributed by atoms with Crippen LogP contribution in [0.25, 0.3) is 0 Å². The molecule has 2 aromatic carbocycles. The van der Waals surface area contributed by atoms with Crippen LogP contribution in [0.5, 0.6) is 5.75 Å². The number of carbonyl (C=O) groups excluding carboxylic acids is 1. The molecule has 1 amide bonds. The lowest BCUT2D eigenvalue weighted by molar-refractivity contribution is -0.384. The number of amides is 1. The number of hydrogen-bond donors (Lipinski definition) is 2. The molecule has 12 heteroatoms. The molecule has 1 aliphatic heterocycles. The molecule has 178 valence electrons. The topological polar surface area (TPSA) is 131 Å². The smallest absolute Gasteiger partial charge is 0.271 e. The zero-order valence-corrected chi connectivity index (χ0v) is 19.0. The predicted octanol–water partition coefficient (Wildman–Crippen LogP) is 2.51. The van der Waals surface area contributed by atoms with E-state index >= 15 is 0 Å². The maximum atomic E-state index is 13.1. The Hall–Kier alpha value is -3.09. The standard InChI is InChI=1S/C21H25FN4O6S/c1-14(21(27)23-19-13-17(26(28)29)5-8-20(19)32-2)25-11-9-16(10-12-25)24-33(30,31)18-6-3-15(22)4-7-18/h3-8,13-14,16,24H,9-12H2,1-2H3,(H,23,27). The number of rotatable bonds is 8. The molecule has 2 N–H and O–H groups in total. The molecule has 1 aliphatic rings. The van der Waals surface area contributed by atoms with Crippen molar-refractivity contribution in [3.63, 3.8) is 0 Å². The van der Waals surface area contributed by atoms with Crippen LogP contribution in [0.15, 0.2) is 47.4 Å². The summed E-state index contributed by atoms with van der Waals surface area (Å²) in [6.45, 7) is 2.65. The second kappa shape index (κ2) is 10.2. The highest BCUT2D eigenvalue weighted by molar-refractivity contribution is 7.89. The molecule has 2 aromatic rings. The number of nitro groups is 1. The van der Waals surface area contributed by atoms with Crippen molar-refractivity contribution < 1.29 is 27.3 Å². The van der Waals surface area contributed by atoms with Crippen LogP contribution >= 0.6 is 0 Å². The van der Waals surface area contributed by atoms with Gasteiger partial charge in [0.1, 0.15) is 11.6 Å². The van der Waals surface area contributed by atoms with Crippen LogP contribution in [0.1, 0.15) is 19.8 Å². The normalized spacial score (nSPS) is 16.2. The first-order chi connectivity index (χ1) is 15.6. The van der Waals surface area contributed by atoms with Gasteiger partial charge in [-0.2, -0.15) is 0 Å². The Morgan fingerprint density at radius 2 is 1.85 bits per heavy atom. The lowest BCUT2D eigenvalue weighted by atomic mass is 10.0. The van der Waals surface area contributed by atoms with Gasteiger partial charge in [0.15, 0.2) is 0 Å². The Kier molecular flexibility index (Phi) is 7.61. The minimum Gasteiger partial charge on any atom is -0.495 e. The van der Waals surface area contributed by atoms with Crippen molar-refractivity contribution in [2.75, 3.05) is 25.5 Å². The third-order valence-electron chi connectivity index (χ3n) is 5.55. The van der Waals surface area contributed by atoms with Gasteiger partial charge in [-0.25, -0.2) is 17.5 Å². The summed E-state index contributed by atoms with van der Waals surface area (Å²) in [5.74, 6) is -0.577. The van der Waals surface area contributed by atoms with E-state index in [9.17, 15) is 27.7 Å². The van der Waals surface area contributed by atoms with E-state index in [2.05, 4.69) is 10.0 Å². The highest BCUT2D eigenvalue weighted by Gasteiger charge is 2.29. The third-order valence-corrected chi connectivity index (χ3v) is 7.09. The van der Waals surface area contributed by atoms with Crippen LogP contribution in [0.3, 0.4) is 0 Å². The van der Waals surface area contributed by atoms with Crippen molar-refractivity contribution in [3.05, 3.63) is 58.4 Å². The Bertz CT molecular complexity index is 1120. The first-order valence-electron chi connectivity index (χ1n) is 10.3. The van der Waals surface area contributed by atoms with Gasteiger partial charge >= 0.3 is 0 Å². The fourth-order valence-electron chi connectivity index (χ4n) is 3.62. The van der Waals surface area contributed by atoms with E-state index in [1.165, 1.54) is 37.4 Å². The minimum absolute atomic E-state index is 0.00928. The number of hydrogen-bond acceptors (Lipinski definition) is 7. The molecular formula is C21H25FN4O6S. The number of halogens is 1. The van der Waals surface area contributed by atoms with Crippen molar-refractivity contribution in [3.8, 4) is 5.75 Å². The number of sulfonamides is 1. The van der Waals surface area contributed by atoms with Crippen molar-refractivity contribution in [1.29, 1.82) is 0 Å². The molecule has 1 atom stereocenters. The first kappa shape index (κ1) is 24.6. The molecule has 1 heterocycles. The molecule has 0 saturated carbocycles. The highest BCUT2D eigenvalue weighted by atomic mass is 32.2. The van der Waals surface area contributed by atoms with E-state index in [0.29, 0.717) is 31.7 Å².